The van der Waals surface area contributed by atoms with Crippen molar-refractivity contribution in [2.45, 2.75) is 65.2 Å². The van der Waals surface area contributed by atoms with E-state index in [0.717, 1.165) is 24.2 Å². The predicted molar refractivity (Wildman–Crippen MR) is 94.9 cm³/mol. The van der Waals surface area contributed by atoms with Crippen LogP contribution in [0.5, 0.6) is 0 Å². The molecule has 1 aromatic carbocycles. The van der Waals surface area contributed by atoms with E-state index >= 15 is 0 Å². The molecule has 0 aliphatic rings. The maximum atomic E-state index is 5.06. The van der Waals surface area contributed by atoms with Crippen LogP contribution in [0.1, 0.15) is 63.5 Å². The van der Waals surface area contributed by atoms with Crippen LogP contribution in [0.2, 0.25) is 0 Å². The first-order valence-electron chi connectivity index (χ1n) is 7.69. The fraction of sp³-hybridized carbons (Fsp3) is 0.625. The monoisotopic (exact) mass is 310 g/mol. The summed E-state index contributed by atoms with van der Waals surface area (Å²) < 4.78 is 5.85. The molecular formula is C16H26N2S2-2. The zero-order chi connectivity index (χ0) is 14.8. The molecule has 0 amide bonds. The highest BCUT2D eigenvalue weighted by Crippen LogP contribution is 2.30. The van der Waals surface area contributed by atoms with Gasteiger partial charge in [-0.15, -0.1) is 0 Å². The summed E-state index contributed by atoms with van der Waals surface area (Å²) in [5.41, 5.74) is 4.88. The molecule has 1 aromatic rings. The Bertz CT molecular complexity index is 357. The standard InChI is InChI=1S/C16H26N2S2/c1-3-5-7-9-13-14(10-8-6-4-2)16(18-20)12-11-15(13)17-19/h11-12,17-18H,3-10H2,1-2H3/q-2. The van der Waals surface area contributed by atoms with E-state index < -0.39 is 0 Å². The maximum Gasteiger partial charge on any atom is 0.0154 e. The van der Waals surface area contributed by atoms with Crippen LogP contribution in [-0.4, -0.2) is 0 Å². The Morgan fingerprint density at radius 2 is 1.15 bits per heavy atom. The van der Waals surface area contributed by atoms with E-state index in [1.54, 1.807) is 0 Å². The predicted octanol–water partition coefficient (Wildman–Crippen LogP) is 4.90. The van der Waals surface area contributed by atoms with Gasteiger partial charge in [-0.25, -0.2) is 0 Å². The third-order valence-electron chi connectivity index (χ3n) is 3.71. The lowest BCUT2D eigenvalue weighted by Crippen LogP contribution is -2.04. The Labute approximate surface area is 135 Å². The van der Waals surface area contributed by atoms with Gasteiger partial charge in [-0.3, -0.25) is 0 Å². The van der Waals surface area contributed by atoms with E-state index in [0.29, 0.717) is 0 Å². The maximum absolute atomic E-state index is 5.06. The molecule has 0 saturated heterocycles. The number of hydrogen-bond donors (Lipinski definition) is 2. The summed E-state index contributed by atoms with van der Waals surface area (Å²) in [7, 11) is 0. The van der Waals surface area contributed by atoms with Crippen molar-refractivity contribution in [2.75, 3.05) is 9.44 Å². The second-order valence-corrected chi connectivity index (χ2v) is 5.64. The molecule has 4 heteroatoms. The number of benzene rings is 1. The van der Waals surface area contributed by atoms with Gasteiger partial charge in [0.2, 0.25) is 0 Å². The molecule has 0 aliphatic heterocycles. The van der Waals surface area contributed by atoms with Gasteiger partial charge in [-0.1, -0.05) is 39.5 Å². The molecule has 2 nitrogen and oxygen atoms in total. The van der Waals surface area contributed by atoms with Gasteiger partial charge in [0.25, 0.3) is 0 Å². The number of unbranched alkanes of at least 4 members (excludes halogenated alkanes) is 4. The highest BCUT2D eigenvalue weighted by molar-refractivity contribution is 7.60. The van der Waals surface area contributed by atoms with Crippen molar-refractivity contribution in [3.8, 4) is 0 Å². The summed E-state index contributed by atoms with van der Waals surface area (Å²) >= 11 is 10.1. The van der Waals surface area contributed by atoms with Crippen LogP contribution >= 0.6 is 0 Å². The molecular weight excluding hydrogens is 284 g/mol. The van der Waals surface area contributed by atoms with Gasteiger partial charge < -0.3 is 35.1 Å². The lowest BCUT2D eigenvalue weighted by Gasteiger charge is -2.24. The molecule has 0 atom stereocenters. The molecule has 0 radical (unpaired) electrons. The SMILES string of the molecule is CCCCCc1c(N[S-])ccc(N[S-])c1CCCCC. The summed E-state index contributed by atoms with van der Waals surface area (Å²) in [6.07, 6.45) is 9.58. The van der Waals surface area contributed by atoms with Crippen molar-refractivity contribution >= 4 is 37.0 Å². The molecule has 114 valence electrons. The van der Waals surface area contributed by atoms with Crippen LogP contribution in [0, 0.1) is 0 Å². The van der Waals surface area contributed by atoms with Gasteiger partial charge in [-0.2, -0.15) is 0 Å². The minimum atomic E-state index is 1.08. The van der Waals surface area contributed by atoms with Gasteiger partial charge in [-0.05, 0) is 48.9 Å². The van der Waals surface area contributed by atoms with E-state index in [4.69, 9.17) is 25.6 Å². The molecule has 2 N–H and O–H groups in total. The second-order valence-electron chi connectivity index (χ2n) is 5.24. The van der Waals surface area contributed by atoms with Gasteiger partial charge in [0, 0.05) is 11.4 Å². The smallest absolute Gasteiger partial charge is 0.0154 e. The van der Waals surface area contributed by atoms with Crippen molar-refractivity contribution in [1.82, 2.24) is 0 Å². The van der Waals surface area contributed by atoms with Gasteiger partial charge >= 0.3 is 0 Å². The highest BCUT2D eigenvalue weighted by atomic mass is 32.1. The fourth-order valence-electron chi connectivity index (χ4n) is 2.56. The normalized spacial score (nSPS) is 10.6. The van der Waals surface area contributed by atoms with E-state index in [2.05, 4.69) is 23.3 Å². The summed E-state index contributed by atoms with van der Waals surface area (Å²) in [5.74, 6) is 0. The van der Waals surface area contributed by atoms with E-state index in [-0.39, 0.29) is 0 Å². The van der Waals surface area contributed by atoms with E-state index in [9.17, 15) is 0 Å². The van der Waals surface area contributed by atoms with Gasteiger partial charge in [0.15, 0.2) is 0 Å². The van der Waals surface area contributed by atoms with Crippen LogP contribution in [0.25, 0.3) is 0 Å². The Hall–Kier alpha value is -0.480. The fourth-order valence-corrected chi connectivity index (χ4v) is 2.94. The highest BCUT2D eigenvalue weighted by Gasteiger charge is 2.10. The summed E-state index contributed by atoms with van der Waals surface area (Å²) in [6, 6.07) is 4.10. The molecule has 0 heterocycles. The van der Waals surface area contributed by atoms with Crippen molar-refractivity contribution in [2.24, 2.45) is 0 Å². The molecule has 0 aliphatic carbocycles. The van der Waals surface area contributed by atoms with Crippen molar-refractivity contribution < 1.29 is 0 Å². The van der Waals surface area contributed by atoms with Crippen molar-refractivity contribution in [1.29, 1.82) is 0 Å². The molecule has 0 unspecified atom stereocenters. The topological polar surface area (TPSA) is 24.1 Å². The van der Waals surface area contributed by atoms with E-state index in [1.165, 1.54) is 49.7 Å². The Balaban J connectivity index is 2.97. The average molecular weight is 311 g/mol. The largest absolute Gasteiger partial charge is 0.670 e. The molecule has 0 aromatic heterocycles. The first-order valence-corrected chi connectivity index (χ1v) is 8.51. The summed E-state index contributed by atoms with van der Waals surface area (Å²) in [5, 5.41) is 0. The first kappa shape index (κ1) is 17.6. The van der Waals surface area contributed by atoms with Crippen LogP contribution in [-0.2, 0) is 38.5 Å². The van der Waals surface area contributed by atoms with Crippen molar-refractivity contribution in [3.63, 3.8) is 0 Å². The Morgan fingerprint density at radius 1 is 0.750 bits per heavy atom. The summed E-state index contributed by atoms with van der Waals surface area (Å²) in [4.78, 5) is 0. The Morgan fingerprint density at radius 3 is 1.45 bits per heavy atom. The molecule has 0 fully saturated rings. The molecule has 0 spiro atoms. The number of nitrogens with one attached hydrogen (secondary N) is 2. The lowest BCUT2D eigenvalue weighted by atomic mass is 9.94. The van der Waals surface area contributed by atoms with Crippen LogP contribution in [0.15, 0.2) is 12.1 Å². The quantitative estimate of drug-likeness (QED) is 0.474. The minimum Gasteiger partial charge on any atom is -0.670 e. The molecule has 0 bridgehead atoms. The average Bonchev–Trinajstić information content (AvgIpc) is 2.48. The summed E-state index contributed by atoms with van der Waals surface area (Å²) in [6.45, 7) is 4.46. The lowest BCUT2D eigenvalue weighted by molar-refractivity contribution is 0.695. The number of hydrogen-bond acceptors (Lipinski definition) is 4. The molecule has 20 heavy (non-hydrogen) atoms. The Kier molecular flexibility index (Phi) is 9.03. The van der Waals surface area contributed by atoms with Crippen LogP contribution in [0.4, 0.5) is 11.4 Å². The third kappa shape index (κ3) is 5.13. The van der Waals surface area contributed by atoms with Crippen LogP contribution in [0.3, 0.4) is 0 Å². The second kappa shape index (κ2) is 10.3. The van der Waals surface area contributed by atoms with Gasteiger partial charge in [0.1, 0.15) is 0 Å². The van der Waals surface area contributed by atoms with Gasteiger partial charge in [0.05, 0.1) is 0 Å². The molecule has 0 saturated carbocycles. The van der Waals surface area contributed by atoms with Crippen molar-refractivity contribution in [3.05, 3.63) is 23.3 Å². The minimum absolute atomic E-state index is 1.08. The van der Waals surface area contributed by atoms with Crippen LogP contribution < -0.4 is 9.44 Å². The number of anilines is 2. The number of rotatable bonds is 10. The zero-order valence-electron chi connectivity index (χ0n) is 12.6. The zero-order valence-corrected chi connectivity index (χ0v) is 14.3. The molecule has 1 rings (SSSR count). The van der Waals surface area contributed by atoms with E-state index in [1.807, 2.05) is 12.1 Å². The third-order valence-corrected chi connectivity index (χ3v) is 4.15. The first-order chi connectivity index (χ1) is 9.78.